The molecule has 0 aromatic heterocycles. The Morgan fingerprint density at radius 2 is 1.71 bits per heavy atom. The summed E-state index contributed by atoms with van der Waals surface area (Å²) >= 11 is 1.91. The minimum atomic E-state index is -0.215. The molecular formula is C22H26FN3OS. The van der Waals surface area contributed by atoms with E-state index in [1.807, 2.05) is 28.8 Å². The van der Waals surface area contributed by atoms with Crippen molar-refractivity contribution in [3.63, 3.8) is 0 Å². The van der Waals surface area contributed by atoms with Crippen molar-refractivity contribution >= 4 is 29.0 Å². The monoisotopic (exact) mass is 399 g/mol. The van der Waals surface area contributed by atoms with Gasteiger partial charge in [-0.2, -0.15) is 0 Å². The fourth-order valence-corrected chi connectivity index (χ4v) is 4.96. The van der Waals surface area contributed by atoms with Crippen molar-refractivity contribution in [1.82, 2.24) is 4.90 Å². The van der Waals surface area contributed by atoms with Crippen molar-refractivity contribution in [2.75, 3.05) is 54.8 Å². The molecule has 0 spiro atoms. The van der Waals surface area contributed by atoms with Gasteiger partial charge in [-0.25, -0.2) is 4.39 Å². The molecule has 1 amide bonds. The van der Waals surface area contributed by atoms with Crippen LogP contribution in [0, 0.1) is 5.82 Å². The summed E-state index contributed by atoms with van der Waals surface area (Å²) in [5, 5.41) is 0. The van der Waals surface area contributed by atoms with E-state index in [-0.39, 0.29) is 11.7 Å². The van der Waals surface area contributed by atoms with E-state index in [9.17, 15) is 9.18 Å². The van der Waals surface area contributed by atoms with Gasteiger partial charge in [0.1, 0.15) is 5.82 Å². The predicted octanol–water partition coefficient (Wildman–Crippen LogP) is 3.87. The molecule has 2 aliphatic rings. The number of para-hydroxylation sites is 1. The Bertz CT molecular complexity index is 806. The van der Waals surface area contributed by atoms with Gasteiger partial charge in [-0.15, -0.1) is 11.8 Å². The molecule has 28 heavy (non-hydrogen) atoms. The van der Waals surface area contributed by atoms with E-state index in [0.29, 0.717) is 6.42 Å². The first-order valence-corrected chi connectivity index (χ1v) is 10.9. The number of hydrogen-bond donors (Lipinski definition) is 0. The minimum Gasteiger partial charge on any atom is -0.370 e. The SMILES string of the molecule is O=C(CCCN1CCSc2ccccc21)N1CCN(c2ccc(F)cc2)CC1. The fraction of sp³-hybridized carbons (Fsp3) is 0.409. The highest BCUT2D eigenvalue weighted by Crippen LogP contribution is 2.34. The van der Waals surface area contributed by atoms with Crippen LogP contribution in [-0.4, -0.2) is 55.8 Å². The van der Waals surface area contributed by atoms with Crippen molar-refractivity contribution < 1.29 is 9.18 Å². The molecule has 0 aliphatic carbocycles. The average molecular weight is 400 g/mol. The summed E-state index contributed by atoms with van der Waals surface area (Å²) in [4.78, 5) is 20.5. The first-order valence-electron chi connectivity index (χ1n) is 9.96. The standard InChI is InChI=1S/C22H26FN3OS/c23-18-7-9-19(10-8-18)24-12-14-26(15-13-24)22(27)6-3-11-25-16-17-28-21-5-2-1-4-20(21)25/h1-2,4-5,7-10H,3,6,11-17H2. The van der Waals surface area contributed by atoms with Gasteiger partial charge in [0, 0.05) is 62.0 Å². The third-order valence-corrected chi connectivity index (χ3v) is 6.51. The number of piperazine rings is 1. The van der Waals surface area contributed by atoms with Gasteiger partial charge in [0.25, 0.3) is 0 Å². The molecule has 0 bridgehead atoms. The van der Waals surface area contributed by atoms with Crippen LogP contribution in [0.2, 0.25) is 0 Å². The van der Waals surface area contributed by atoms with Gasteiger partial charge < -0.3 is 14.7 Å². The Hall–Kier alpha value is -2.21. The normalized spacial score (nSPS) is 16.8. The number of rotatable bonds is 5. The van der Waals surface area contributed by atoms with Crippen LogP contribution >= 0.6 is 11.8 Å². The molecule has 6 heteroatoms. The van der Waals surface area contributed by atoms with Crippen molar-refractivity contribution in [3.8, 4) is 0 Å². The van der Waals surface area contributed by atoms with E-state index in [0.717, 1.165) is 57.1 Å². The molecule has 0 radical (unpaired) electrons. The second kappa shape index (κ2) is 8.86. The Balaban J connectivity index is 1.23. The van der Waals surface area contributed by atoms with Crippen LogP contribution in [0.5, 0.6) is 0 Å². The van der Waals surface area contributed by atoms with Crippen LogP contribution in [0.1, 0.15) is 12.8 Å². The summed E-state index contributed by atoms with van der Waals surface area (Å²) in [6, 6.07) is 15.1. The Morgan fingerprint density at radius 3 is 2.50 bits per heavy atom. The summed E-state index contributed by atoms with van der Waals surface area (Å²) in [5.74, 6) is 1.14. The second-order valence-corrected chi connectivity index (χ2v) is 8.39. The van der Waals surface area contributed by atoms with Crippen LogP contribution in [0.15, 0.2) is 53.4 Å². The van der Waals surface area contributed by atoms with Crippen molar-refractivity contribution in [2.24, 2.45) is 0 Å². The molecule has 0 N–H and O–H groups in total. The lowest BCUT2D eigenvalue weighted by molar-refractivity contribution is -0.131. The van der Waals surface area contributed by atoms with Crippen LogP contribution in [0.4, 0.5) is 15.8 Å². The molecule has 2 aromatic carbocycles. The van der Waals surface area contributed by atoms with Crippen molar-refractivity contribution in [2.45, 2.75) is 17.7 Å². The summed E-state index contributed by atoms with van der Waals surface area (Å²) < 4.78 is 13.1. The Morgan fingerprint density at radius 1 is 0.964 bits per heavy atom. The lowest BCUT2D eigenvalue weighted by Gasteiger charge is -2.36. The Labute approximate surface area is 170 Å². The topological polar surface area (TPSA) is 26.8 Å². The van der Waals surface area contributed by atoms with E-state index < -0.39 is 0 Å². The number of fused-ring (bicyclic) bond motifs is 1. The number of amides is 1. The first kappa shape index (κ1) is 19.1. The molecule has 0 atom stereocenters. The van der Waals surface area contributed by atoms with Gasteiger partial charge in [0.15, 0.2) is 0 Å². The smallest absolute Gasteiger partial charge is 0.222 e. The lowest BCUT2D eigenvalue weighted by atomic mass is 10.2. The number of thioether (sulfide) groups is 1. The van der Waals surface area contributed by atoms with E-state index >= 15 is 0 Å². The quantitative estimate of drug-likeness (QED) is 0.763. The molecule has 0 unspecified atom stereocenters. The molecular weight excluding hydrogens is 373 g/mol. The number of carbonyl (C=O) groups excluding carboxylic acids is 1. The van der Waals surface area contributed by atoms with Gasteiger partial charge in [-0.1, -0.05) is 12.1 Å². The van der Waals surface area contributed by atoms with E-state index in [1.165, 1.54) is 22.7 Å². The fourth-order valence-electron chi connectivity index (χ4n) is 3.90. The second-order valence-electron chi connectivity index (χ2n) is 7.25. The first-order chi connectivity index (χ1) is 13.7. The van der Waals surface area contributed by atoms with Crippen molar-refractivity contribution in [1.29, 1.82) is 0 Å². The molecule has 0 saturated carbocycles. The van der Waals surface area contributed by atoms with E-state index in [4.69, 9.17) is 0 Å². The van der Waals surface area contributed by atoms with Crippen molar-refractivity contribution in [3.05, 3.63) is 54.3 Å². The molecule has 148 valence electrons. The van der Waals surface area contributed by atoms with Gasteiger partial charge in [0.2, 0.25) is 5.91 Å². The molecule has 1 fully saturated rings. The van der Waals surface area contributed by atoms with Gasteiger partial charge in [0.05, 0.1) is 5.69 Å². The third kappa shape index (κ3) is 4.43. The maximum atomic E-state index is 13.1. The van der Waals surface area contributed by atoms with E-state index in [2.05, 4.69) is 34.1 Å². The number of hydrogen-bond acceptors (Lipinski definition) is 4. The third-order valence-electron chi connectivity index (χ3n) is 5.47. The average Bonchev–Trinajstić information content (AvgIpc) is 2.74. The number of benzene rings is 2. The zero-order valence-corrected chi connectivity index (χ0v) is 16.8. The number of carbonyl (C=O) groups is 1. The van der Waals surface area contributed by atoms with Gasteiger partial charge in [-0.05, 0) is 42.8 Å². The molecule has 1 saturated heterocycles. The number of nitrogens with zero attached hydrogens (tertiary/aromatic N) is 3. The maximum absolute atomic E-state index is 13.1. The van der Waals surface area contributed by atoms with Crippen LogP contribution < -0.4 is 9.80 Å². The largest absolute Gasteiger partial charge is 0.370 e. The van der Waals surface area contributed by atoms with Gasteiger partial charge in [-0.3, -0.25) is 4.79 Å². The minimum absolute atomic E-state index is 0.215. The summed E-state index contributed by atoms with van der Waals surface area (Å²) in [6.07, 6.45) is 1.48. The summed E-state index contributed by atoms with van der Waals surface area (Å²) in [6.45, 7) is 5.05. The van der Waals surface area contributed by atoms with Crippen LogP contribution in [0.3, 0.4) is 0 Å². The molecule has 2 heterocycles. The predicted molar refractivity (Wildman–Crippen MR) is 114 cm³/mol. The molecule has 4 nitrogen and oxygen atoms in total. The van der Waals surface area contributed by atoms with Crippen LogP contribution in [0.25, 0.3) is 0 Å². The molecule has 2 aliphatic heterocycles. The lowest BCUT2D eigenvalue weighted by Crippen LogP contribution is -2.48. The highest BCUT2D eigenvalue weighted by Gasteiger charge is 2.22. The zero-order valence-electron chi connectivity index (χ0n) is 16.0. The number of anilines is 2. The highest BCUT2D eigenvalue weighted by molar-refractivity contribution is 7.99. The maximum Gasteiger partial charge on any atom is 0.222 e. The Kier molecular flexibility index (Phi) is 6.05. The highest BCUT2D eigenvalue weighted by atomic mass is 32.2. The zero-order chi connectivity index (χ0) is 19.3. The summed E-state index contributed by atoms with van der Waals surface area (Å²) in [5.41, 5.74) is 2.33. The molecule has 2 aromatic rings. The van der Waals surface area contributed by atoms with E-state index in [1.54, 1.807) is 0 Å². The number of halogens is 1. The molecule has 4 rings (SSSR count). The summed E-state index contributed by atoms with van der Waals surface area (Å²) in [7, 11) is 0. The van der Waals surface area contributed by atoms with Crippen LogP contribution in [-0.2, 0) is 4.79 Å². The van der Waals surface area contributed by atoms with Gasteiger partial charge >= 0.3 is 0 Å².